The Morgan fingerprint density at radius 3 is 2.61 bits per heavy atom. The van der Waals surface area contributed by atoms with E-state index in [0.717, 1.165) is 38.1 Å². The van der Waals surface area contributed by atoms with Crippen LogP contribution in [0.25, 0.3) is 22.3 Å². The van der Waals surface area contributed by atoms with Gasteiger partial charge in [-0.25, -0.2) is 9.97 Å². The Kier molecular flexibility index (Phi) is 5.13. The van der Waals surface area contributed by atoms with Crippen LogP contribution in [0, 0.1) is 5.92 Å². The van der Waals surface area contributed by atoms with E-state index in [9.17, 15) is 13.2 Å². The molecular formula is C20H19F3N4O. The van der Waals surface area contributed by atoms with E-state index < -0.39 is 11.7 Å². The molecule has 0 amide bonds. The smallest absolute Gasteiger partial charge is 0.416 e. The number of ether oxygens (including phenoxy) is 1. The zero-order valence-corrected chi connectivity index (χ0v) is 15.0. The summed E-state index contributed by atoms with van der Waals surface area (Å²) in [5.74, 6) is 0.739. The molecule has 1 aromatic carbocycles. The van der Waals surface area contributed by atoms with E-state index in [1.165, 1.54) is 12.1 Å². The summed E-state index contributed by atoms with van der Waals surface area (Å²) < 4.78 is 44.4. The van der Waals surface area contributed by atoms with Crippen LogP contribution >= 0.6 is 0 Å². The number of hydrogen-bond acceptors (Lipinski definition) is 5. The molecule has 1 aliphatic heterocycles. The number of hydrogen-bond donors (Lipinski definition) is 1. The molecule has 0 aliphatic carbocycles. The number of fused-ring (bicyclic) bond motifs is 1. The van der Waals surface area contributed by atoms with Gasteiger partial charge in [0.25, 0.3) is 0 Å². The van der Waals surface area contributed by atoms with Crippen molar-refractivity contribution < 1.29 is 17.9 Å². The molecule has 0 unspecified atom stereocenters. The highest BCUT2D eigenvalue weighted by Crippen LogP contribution is 2.32. The van der Waals surface area contributed by atoms with Gasteiger partial charge in [0.05, 0.1) is 23.4 Å². The quantitative estimate of drug-likeness (QED) is 0.730. The topological polar surface area (TPSA) is 59.9 Å². The third-order valence-electron chi connectivity index (χ3n) is 4.79. The molecule has 1 fully saturated rings. The maximum Gasteiger partial charge on any atom is 0.416 e. The summed E-state index contributed by atoms with van der Waals surface area (Å²) in [7, 11) is 0. The van der Waals surface area contributed by atoms with E-state index in [1.54, 1.807) is 18.5 Å². The van der Waals surface area contributed by atoms with E-state index >= 15 is 0 Å². The van der Waals surface area contributed by atoms with Crippen LogP contribution in [-0.4, -0.2) is 34.6 Å². The first-order chi connectivity index (χ1) is 13.5. The van der Waals surface area contributed by atoms with E-state index in [0.29, 0.717) is 40.7 Å². The maximum atomic E-state index is 12.8. The Bertz CT molecular complexity index is 954. The van der Waals surface area contributed by atoms with Crippen LogP contribution < -0.4 is 10.1 Å². The largest absolute Gasteiger partial charge is 0.476 e. The van der Waals surface area contributed by atoms with Crippen LogP contribution in [0.2, 0.25) is 0 Å². The van der Waals surface area contributed by atoms with Gasteiger partial charge in [-0.1, -0.05) is 12.1 Å². The third kappa shape index (κ3) is 4.06. The molecule has 0 bridgehead atoms. The fourth-order valence-corrected chi connectivity index (χ4v) is 3.28. The SMILES string of the molecule is FC(F)(F)c1ccc(-c2cc3nccnc3c(OC[C@H]3CCCNC3)n2)cc1. The molecule has 2 aromatic heterocycles. The van der Waals surface area contributed by atoms with Crippen molar-refractivity contribution in [2.45, 2.75) is 19.0 Å². The van der Waals surface area contributed by atoms with Gasteiger partial charge in [-0.05, 0) is 37.6 Å². The van der Waals surface area contributed by atoms with Gasteiger partial charge < -0.3 is 10.1 Å². The summed E-state index contributed by atoms with van der Waals surface area (Å²) in [5, 5.41) is 3.34. The molecule has 4 rings (SSSR count). The van der Waals surface area contributed by atoms with E-state index in [-0.39, 0.29) is 0 Å². The number of benzene rings is 1. The maximum absolute atomic E-state index is 12.8. The molecule has 3 aromatic rings. The van der Waals surface area contributed by atoms with Crippen molar-refractivity contribution in [2.75, 3.05) is 19.7 Å². The normalized spacial score (nSPS) is 17.6. The molecule has 8 heteroatoms. The predicted molar refractivity (Wildman–Crippen MR) is 98.9 cm³/mol. The second kappa shape index (κ2) is 7.71. The number of rotatable bonds is 4. The minimum atomic E-state index is -4.37. The monoisotopic (exact) mass is 388 g/mol. The van der Waals surface area contributed by atoms with Crippen LogP contribution in [0.4, 0.5) is 13.2 Å². The fraction of sp³-hybridized carbons (Fsp3) is 0.350. The second-order valence-electron chi connectivity index (χ2n) is 6.84. The molecule has 5 nitrogen and oxygen atoms in total. The first kappa shape index (κ1) is 18.6. The molecule has 3 heterocycles. The van der Waals surface area contributed by atoms with Gasteiger partial charge in [0, 0.05) is 30.4 Å². The molecule has 1 atom stereocenters. The molecule has 0 radical (unpaired) electrons. The third-order valence-corrected chi connectivity index (χ3v) is 4.79. The number of halogens is 3. The molecule has 1 saturated heterocycles. The first-order valence-corrected chi connectivity index (χ1v) is 9.13. The van der Waals surface area contributed by atoms with Gasteiger partial charge in [0.15, 0.2) is 5.52 Å². The van der Waals surface area contributed by atoms with Gasteiger partial charge in [-0.15, -0.1) is 0 Å². The van der Waals surface area contributed by atoms with Crippen LogP contribution in [0.5, 0.6) is 5.88 Å². The molecule has 1 aliphatic rings. The predicted octanol–water partition coefficient (Wildman–Crippen LogP) is 4.09. The summed E-state index contributed by atoms with van der Waals surface area (Å²) in [4.78, 5) is 13.1. The van der Waals surface area contributed by atoms with Crippen LogP contribution in [0.15, 0.2) is 42.7 Å². The molecule has 28 heavy (non-hydrogen) atoms. The summed E-state index contributed by atoms with van der Waals surface area (Å²) in [6, 6.07) is 6.61. The lowest BCUT2D eigenvalue weighted by atomic mass is 10.0. The molecule has 146 valence electrons. The lowest BCUT2D eigenvalue weighted by Gasteiger charge is -2.22. The highest BCUT2D eigenvalue weighted by atomic mass is 19.4. The number of aromatic nitrogens is 3. The van der Waals surface area contributed by atoms with Gasteiger partial charge in [0.2, 0.25) is 5.88 Å². The van der Waals surface area contributed by atoms with Gasteiger partial charge in [0.1, 0.15) is 0 Å². The van der Waals surface area contributed by atoms with Crippen molar-refractivity contribution in [1.82, 2.24) is 20.3 Å². The van der Waals surface area contributed by atoms with Crippen molar-refractivity contribution in [3.8, 4) is 17.1 Å². The van der Waals surface area contributed by atoms with E-state index in [1.807, 2.05) is 0 Å². The average Bonchev–Trinajstić information content (AvgIpc) is 2.72. The average molecular weight is 388 g/mol. The zero-order valence-electron chi connectivity index (χ0n) is 15.0. The number of nitrogens with one attached hydrogen (secondary N) is 1. The van der Waals surface area contributed by atoms with Gasteiger partial charge in [-0.2, -0.15) is 13.2 Å². The molecule has 0 saturated carbocycles. The Balaban J connectivity index is 1.65. The highest BCUT2D eigenvalue weighted by Gasteiger charge is 2.30. The first-order valence-electron chi connectivity index (χ1n) is 9.13. The van der Waals surface area contributed by atoms with Gasteiger partial charge in [-0.3, -0.25) is 4.98 Å². The van der Waals surface area contributed by atoms with E-state index in [2.05, 4.69) is 20.3 Å². The van der Waals surface area contributed by atoms with Crippen LogP contribution in [-0.2, 0) is 6.18 Å². The number of piperidine rings is 1. The second-order valence-corrected chi connectivity index (χ2v) is 6.84. The summed E-state index contributed by atoms with van der Waals surface area (Å²) in [6.45, 7) is 2.41. The highest BCUT2D eigenvalue weighted by molar-refractivity contribution is 5.83. The number of alkyl halides is 3. The Morgan fingerprint density at radius 2 is 1.89 bits per heavy atom. The number of nitrogens with zero attached hydrogens (tertiary/aromatic N) is 3. The van der Waals surface area contributed by atoms with Gasteiger partial charge >= 0.3 is 6.18 Å². The Labute approximate surface area is 160 Å². The molecule has 1 N–H and O–H groups in total. The fourth-order valence-electron chi connectivity index (χ4n) is 3.28. The van der Waals surface area contributed by atoms with Crippen molar-refractivity contribution in [1.29, 1.82) is 0 Å². The summed E-state index contributed by atoms with van der Waals surface area (Å²) in [6.07, 6.45) is 0.941. The molecule has 0 spiro atoms. The standard InChI is InChI=1S/C20H19F3N4O/c21-20(22,23)15-5-3-14(4-6-15)16-10-17-18(26-9-8-25-17)19(27-16)28-12-13-2-1-7-24-11-13/h3-6,8-10,13,24H,1-2,7,11-12H2/t13-/m0/s1. The van der Waals surface area contributed by atoms with Crippen molar-refractivity contribution in [3.63, 3.8) is 0 Å². The Morgan fingerprint density at radius 1 is 1.11 bits per heavy atom. The van der Waals surface area contributed by atoms with Crippen LogP contribution in [0.3, 0.4) is 0 Å². The van der Waals surface area contributed by atoms with Crippen molar-refractivity contribution >= 4 is 11.0 Å². The number of pyridine rings is 1. The summed E-state index contributed by atoms with van der Waals surface area (Å²) in [5.41, 5.74) is 1.49. The lowest BCUT2D eigenvalue weighted by molar-refractivity contribution is -0.137. The zero-order chi connectivity index (χ0) is 19.6. The lowest BCUT2D eigenvalue weighted by Crippen LogP contribution is -2.33. The minimum absolute atomic E-state index is 0.353. The minimum Gasteiger partial charge on any atom is -0.476 e. The summed E-state index contributed by atoms with van der Waals surface area (Å²) >= 11 is 0. The van der Waals surface area contributed by atoms with Crippen LogP contribution in [0.1, 0.15) is 18.4 Å². The molecular weight excluding hydrogens is 369 g/mol. The van der Waals surface area contributed by atoms with Crippen molar-refractivity contribution in [2.24, 2.45) is 5.92 Å². The van der Waals surface area contributed by atoms with Crippen molar-refractivity contribution in [3.05, 3.63) is 48.3 Å². The van der Waals surface area contributed by atoms with E-state index in [4.69, 9.17) is 4.74 Å². The Hall–Kier alpha value is -2.74.